The van der Waals surface area contributed by atoms with Crippen LogP contribution in [0.15, 0.2) is 22.9 Å². The maximum Gasteiger partial charge on any atom is 0.307 e. The fraction of sp³-hybridized carbons (Fsp3) is 0.412. The molecular weight excluding hydrogens is 374 g/mol. The van der Waals surface area contributed by atoms with E-state index in [0.29, 0.717) is 23.8 Å². The van der Waals surface area contributed by atoms with Crippen LogP contribution in [0.2, 0.25) is 0 Å². The quantitative estimate of drug-likeness (QED) is 0.729. The summed E-state index contributed by atoms with van der Waals surface area (Å²) in [5, 5.41) is 7.20. The average molecular weight is 393 g/mol. The van der Waals surface area contributed by atoms with E-state index in [-0.39, 0.29) is 30.6 Å². The molecular formula is C17H19N3O4S2. The van der Waals surface area contributed by atoms with Gasteiger partial charge in [0.25, 0.3) is 0 Å². The first-order valence-corrected chi connectivity index (χ1v) is 9.97. The van der Waals surface area contributed by atoms with Gasteiger partial charge in [-0.2, -0.15) is 0 Å². The Hall–Kier alpha value is -2.26. The van der Waals surface area contributed by atoms with E-state index in [2.05, 4.69) is 10.3 Å². The van der Waals surface area contributed by atoms with Crippen molar-refractivity contribution >= 4 is 45.6 Å². The summed E-state index contributed by atoms with van der Waals surface area (Å²) in [5.74, 6) is -0.532. The SMILES string of the molecule is COC(=O)C[C@H](NC(=O)Cc1csc(N2CCCC2=O)n1)c1cccs1. The van der Waals surface area contributed by atoms with Gasteiger partial charge in [0.05, 0.1) is 31.7 Å². The fourth-order valence-electron chi connectivity index (χ4n) is 2.72. The van der Waals surface area contributed by atoms with Gasteiger partial charge in [-0.25, -0.2) is 4.98 Å². The van der Waals surface area contributed by atoms with Gasteiger partial charge in [-0.3, -0.25) is 19.3 Å². The van der Waals surface area contributed by atoms with Gasteiger partial charge in [0.2, 0.25) is 11.8 Å². The molecule has 1 atom stereocenters. The first-order chi connectivity index (χ1) is 12.6. The number of nitrogens with zero attached hydrogens (tertiary/aromatic N) is 2. The van der Waals surface area contributed by atoms with E-state index >= 15 is 0 Å². The van der Waals surface area contributed by atoms with Gasteiger partial charge in [0.1, 0.15) is 0 Å². The van der Waals surface area contributed by atoms with Gasteiger partial charge in [-0.15, -0.1) is 22.7 Å². The number of thiazole rings is 1. The van der Waals surface area contributed by atoms with Crippen molar-refractivity contribution < 1.29 is 19.1 Å². The molecule has 9 heteroatoms. The molecule has 1 aliphatic rings. The maximum atomic E-state index is 12.4. The summed E-state index contributed by atoms with van der Waals surface area (Å²) in [6.07, 6.45) is 1.56. The molecule has 0 aliphatic carbocycles. The maximum absolute atomic E-state index is 12.4. The Morgan fingerprint density at radius 1 is 1.42 bits per heavy atom. The molecule has 26 heavy (non-hydrogen) atoms. The van der Waals surface area contributed by atoms with Crippen LogP contribution >= 0.6 is 22.7 Å². The van der Waals surface area contributed by atoms with Gasteiger partial charge in [-0.05, 0) is 17.9 Å². The number of methoxy groups -OCH3 is 1. The van der Waals surface area contributed by atoms with E-state index in [1.54, 1.807) is 10.3 Å². The van der Waals surface area contributed by atoms with Crippen molar-refractivity contribution in [2.24, 2.45) is 0 Å². The lowest BCUT2D eigenvalue weighted by Gasteiger charge is -2.16. The number of carbonyl (C=O) groups excluding carboxylic acids is 3. The lowest BCUT2D eigenvalue weighted by atomic mass is 10.1. The van der Waals surface area contributed by atoms with Crippen LogP contribution in [-0.4, -0.2) is 36.4 Å². The molecule has 2 amide bonds. The normalized spacial score (nSPS) is 15.1. The molecule has 2 aromatic heterocycles. The smallest absolute Gasteiger partial charge is 0.307 e. The zero-order valence-electron chi connectivity index (χ0n) is 14.3. The molecule has 138 valence electrons. The summed E-state index contributed by atoms with van der Waals surface area (Å²) < 4.78 is 4.72. The van der Waals surface area contributed by atoms with Gasteiger partial charge in [0.15, 0.2) is 5.13 Å². The highest BCUT2D eigenvalue weighted by atomic mass is 32.1. The minimum Gasteiger partial charge on any atom is -0.469 e. The van der Waals surface area contributed by atoms with E-state index < -0.39 is 6.04 Å². The topological polar surface area (TPSA) is 88.6 Å². The number of hydrogen-bond donors (Lipinski definition) is 1. The summed E-state index contributed by atoms with van der Waals surface area (Å²) in [4.78, 5) is 42.8. The molecule has 3 rings (SSSR count). The zero-order chi connectivity index (χ0) is 18.5. The van der Waals surface area contributed by atoms with Crippen molar-refractivity contribution in [2.45, 2.75) is 31.7 Å². The van der Waals surface area contributed by atoms with Gasteiger partial charge in [0, 0.05) is 23.2 Å². The van der Waals surface area contributed by atoms with Crippen LogP contribution in [0.4, 0.5) is 5.13 Å². The molecule has 1 aliphatic heterocycles. The van der Waals surface area contributed by atoms with E-state index in [1.807, 2.05) is 17.5 Å². The fourth-order valence-corrected chi connectivity index (χ4v) is 4.37. The molecule has 0 bridgehead atoms. The van der Waals surface area contributed by atoms with Crippen LogP contribution in [0, 0.1) is 0 Å². The standard InChI is InChI=1S/C17H19N3O4S2/c1-24-16(23)9-12(13-4-3-7-25-13)19-14(21)8-11-10-26-17(18-11)20-6-2-5-15(20)22/h3-4,7,10,12H,2,5-6,8-9H2,1H3,(H,19,21)/t12-/m0/s1. The second-order valence-corrected chi connectivity index (χ2v) is 7.68. The first-order valence-electron chi connectivity index (χ1n) is 8.21. The predicted molar refractivity (Wildman–Crippen MR) is 99.2 cm³/mol. The van der Waals surface area contributed by atoms with Crippen molar-refractivity contribution in [3.05, 3.63) is 33.5 Å². The molecule has 1 saturated heterocycles. The minimum atomic E-state index is -0.423. The Morgan fingerprint density at radius 3 is 2.92 bits per heavy atom. The van der Waals surface area contributed by atoms with Gasteiger partial charge < -0.3 is 10.1 Å². The van der Waals surface area contributed by atoms with Crippen LogP contribution in [0.3, 0.4) is 0 Å². The van der Waals surface area contributed by atoms with Gasteiger partial charge >= 0.3 is 5.97 Å². The third kappa shape index (κ3) is 4.47. The highest BCUT2D eigenvalue weighted by Gasteiger charge is 2.25. The monoisotopic (exact) mass is 393 g/mol. The molecule has 0 unspecified atom stereocenters. The number of ether oxygens (including phenoxy) is 1. The third-order valence-corrected chi connectivity index (χ3v) is 5.90. The molecule has 1 fully saturated rings. The molecule has 3 heterocycles. The Morgan fingerprint density at radius 2 is 2.27 bits per heavy atom. The zero-order valence-corrected chi connectivity index (χ0v) is 15.9. The highest BCUT2D eigenvalue weighted by molar-refractivity contribution is 7.14. The van der Waals surface area contributed by atoms with Crippen molar-refractivity contribution in [1.82, 2.24) is 10.3 Å². The molecule has 0 radical (unpaired) electrons. The van der Waals surface area contributed by atoms with Crippen LogP contribution in [0.25, 0.3) is 0 Å². The number of carbonyl (C=O) groups is 3. The van der Waals surface area contributed by atoms with E-state index in [9.17, 15) is 14.4 Å². The molecule has 2 aromatic rings. The van der Waals surface area contributed by atoms with E-state index in [1.165, 1.54) is 29.8 Å². The lowest BCUT2D eigenvalue weighted by Crippen LogP contribution is -2.31. The number of aromatic nitrogens is 1. The minimum absolute atomic E-state index is 0.0752. The molecule has 0 aromatic carbocycles. The van der Waals surface area contributed by atoms with Crippen LogP contribution in [-0.2, 0) is 25.5 Å². The molecule has 0 saturated carbocycles. The second-order valence-electron chi connectivity index (χ2n) is 5.86. The Kier molecular flexibility index (Phi) is 6.00. The van der Waals surface area contributed by atoms with Crippen molar-refractivity contribution in [3.63, 3.8) is 0 Å². The first kappa shape index (κ1) is 18.5. The number of rotatable bonds is 7. The summed E-state index contributed by atoms with van der Waals surface area (Å²) in [5.41, 5.74) is 0.616. The average Bonchev–Trinajstić information content (AvgIpc) is 3.35. The largest absolute Gasteiger partial charge is 0.469 e. The predicted octanol–water partition coefficient (Wildman–Crippen LogP) is 2.29. The highest BCUT2D eigenvalue weighted by Crippen LogP contribution is 2.26. The molecule has 7 nitrogen and oxygen atoms in total. The Labute approximate surface area is 159 Å². The van der Waals surface area contributed by atoms with E-state index in [0.717, 1.165) is 11.3 Å². The summed E-state index contributed by atoms with van der Waals surface area (Å²) in [6.45, 7) is 0.678. The summed E-state index contributed by atoms with van der Waals surface area (Å²) >= 11 is 2.84. The second kappa shape index (κ2) is 8.41. The number of thiophene rings is 1. The van der Waals surface area contributed by atoms with Crippen molar-refractivity contribution in [2.75, 3.05) is 18.6 Å². The van der Waals surface area contributed by atoms with E-state index in [4.69, 9.17) is 4.74 Å². The summed E-state index contributed by atoms with van der Waals surface area (Å²) in [7, 11) is 1.33. The number of nitrogens with one attached hydrogen (secondary N) is 1. The summed E-state index contributed by atoms with van der Waals surface area (Å²) in [6, 6.07) is 3.32. The van der Waals surface area contributed by atoms with Crippen LogP contribution in [0.5, 0.6) is 0 Å². The molecule has 1 N–H and O–H groups in total. The van der Waals surface area contributed by atoms with Crippen LogP contribution in [0.1, 0.15) is 35.9 Å². The van der Waals surface area contributed by atoms with Gasteiger partial charge in [-0.1, -0.05) is 6.07 Å². The third-order valence-electron chi connectivity index (χ3n) is 4.01. The Bertz CT molecular complexity index is 788. The van der Waals surface area contributed by atoms with Crippen molar-refractivity contribution in [1.29, 1.82) is 0 Å². The number of hydrogen-bond acceptors (Lipinski definition) is 7. The number of esters is 1. The number of anilines is 1. The van der Waals surface area contributed by atoms with Crippen molar-refractivity contribution in [3.8, 4) is 0 Å². The lowest BCUT2D eigenvalue weighted by molar-refractivity contribution is -0.141. The Balaban J connectivity index is 1.62. The van der Waals surface area contributed by atoms with Crippen LogP contribution < -0.4 is 10.2 Å². The number of amides is 2. The molecule has 0 spiro atoms.